The Balaban J connectivity index is 1.84. The summed E-state index contributed by atoms with van der Waals surface area (Å²) in [6.07, 6.45) is 0.763. The summed E-state index contributed by atoms with van der Waals surface area (Å²) in [7, 11) is 0. The van der Waals surface area contributed by atoms with Gasteiger partial charge >= 0.3 is 0 Å². The molecule has 0 spiro atoms. The molecule has 5 aromatic rings. The van der Waals surface area contributed by atoms with Crippen LogP contribution in [0.15, 0.2) is 35.7 Å². The summed E-state index contributed by atoms with van der Waals surface area (Å²) in [5.74, 6) is 0.834. The number of rotatable bonds is 3. The normalized spacial score (nSPS) is 11.7. The first kappa shape index (κ1) is 17.1. The lowest BCUT2D eigenvalue weighted by atomic mass is 10.1. The van der Waals surface area contributed by atoms with E-state index >= 15 is 0 Å². The molecule has 0 atom stereocenters. The molecule has 27 heavy (non-hydrogen) atoms. The molecule has 0 amide bonds. The Morgan fingerprint density at radius 2 is 2.04 bits per heavy atom. The van der Waals surface area contributed by atoms with Crippen LogP contribution in [0.2, 0.25) is 10.0 Å². The van der Waals surface area contributed by atoms with Gasteiger partial charge in [0.2, 0.25) is 4.96 Å². The van der Waals surface area contributed by atoms with Crippen LogP contribution in [0.25, 0.3) is 37.0 Å². The van der Waals surface area contributed by atoms with Crippen molar-refractivity contribution >= 4 is 61.7 Å². The quantitative estimate of drug-likeness (QED) is 0.351. The lowest BCUT2D eigenvalue weighted by Gasteiger charge is -2.09. The number of pyridine rings is 1. The molecule has 134 valence electrons. The first-order valence-corrected chi connectivity index (χ1v) is 10.6. The average Bonchev–Trinajstić information content (AvgIpc) is 3.38. The molecular weight excluding hydrogens is 421 g/mol. The third kappa shape index (κ3) is 2.82. The third-order valence-corrected chi connectivity index (χ3v) is 6.54. The van der Waals surface area contributed by atoms with Crippen LogP contribution in [0.1, 0.15) is 12.7 Å². The molecule has 0 unspecified atom stereocenters. The number of nitrogens with zero attached hydrogens (tertiary/aromatic N) is 5. The summed E-state index contributed by atoms with van der Waals surface area (Å²) in [6.45, 7) is 2.03. The van der Waals surface area contributed by atoms with Crippen molar-refractivity contribution in [3.05, 3.63) is 51.6 Å². The minimum atomic E-state index is 0.523. The van der Waals surface area contributed by atoms with Crippen molar-refractivity contribution in [3.63, 3.8) is 0 Å². The maximum atomic E-state index is 6.47. The molecule has 4 aromatic heterocycles. The molecule has 0 fully saturated rings. The van der Waals surface area contributed by atoms with Crippen LogP contribution < -0.4 is 0 Å². The number of hydrogen-bond donors (Lipinski definition) is 0. The summed E-state index contributed by atoms with van der Waals surface area (Å²) >= 11 is 15.9. The number of thiophene rings is 1. The highest BCUT2D eigenvalue weighted by Crippen LogP contribution is 2.39. The van der Waals surface area contributed by atoms with Gasteiger partial charge in [0.1, 0.15) is 5.01 Å². The lowest BCUT2D eigenvalue weighted by Crippen LogP contribution is -1.94. The molecule has 0 saturated heterocycles. The number of aryl methyl sites for hydroxylation is 1. The number of hydrogen-bond acceptors (Lipinski definition) is 6. The summed E-state index contributed by atoms with van der Waals surface area (Å²) in [5.41, 5.74) is 2.51. The maximum Gasteiger partial charge on any atom is 0.234 e. The number of aromatic nitrogens is 5. The van der Waals surface area contributed by atoms with E-state index in [0.717, 1.165) is 43.7 Å². The molecule has 0 N–H and O–H groups in total. The first-order valence-electron chi connectivity index (χ1n) is 8.19. The van der Waals surface area contributed by atoms with Crippen molar-refractivity contribution in [3.8, 4) is 21.1 Å². The Morgan fingerprint density at radius 1 is 1.15 bits per heavy atom. The van der Waals surface area contributed by atoms with Crippen LogP contribution in [0.4, 0.5) is 0 Å². The molecule has 1 aromatic carbocycles. The molecule has 5 rings (SSSR count). The van der Waals surface area contributed by atoms with Gasteiger partial charge in [-0.15, -0.1) is 21.5 Å². The van der Waals surface area contributed by atoms with Gasteiger partial charge in [-0.25, -0.2) is 4.98 Å². The van der Waals surface area contributed by atoms with Gasteiger partial charge in [-0.05, 0) is 29.6 Å². The van der Waals surface area contributed by atoms with Gasteiger partial charge in [0.25, 0.3) is 0 Å². The van der Waals surface area contributed by atoms with Crippen LogP contribution in [-0.2, 0) is 6.42 Å². The molecule has 5 nitrogen and oxygen atoms in total. The Labute approximate surface area is 172 Å². The average molecular weight is 432 g/mol. The van der Waals surface area contributed by atoms with Crippen LogP contribution in [0.3, 0.4) is 0 Å². The fourth-order valence-electron chi connectivity index (χ4n) is 2.97. The van der Waals surface area contributed by atoms with Crippen LogP contribution in [0.5, 0.6) is 0 Å². The Kier molecular flexibility index (Phi) is 4.12. The van der Waals surface area contributed by atoms with E-state index in [2.05, 4.69) is 10.2 Å². The lowest BCUT2D eigenvalue weighted by molar-refractivity contribution is 0.838. The highest BCUT2D eigenvalue weighted by Gasteiger charge is 2.18. The van der Waals surface area contributed by atoms with E-state index < -0.39 is 0 Å². The number of halogens is 2. The van der Waals surface area contributed by atoms with Crippen molar-refractivity contribution in [2.75, 3.05) is 0 Å². The zero-order valence-corrected chi connectivity index (χ0v) is 17.1. The van der Waals surface area contributed by atoms with Gasteiger partial charge in [-0.1, -0.05) is 47.5 Å². The Bertz CT molecular complexity index is 1290. The third-order valence-electron chi connectivity index (χ3n) is 4.21. The van der Waals surface area contributed by atoms with Gasteiger partial charge in [0.15, 0.2) is 5.82 Å². The molecule has 0 saturated carbocycles. The first-order chi connectivity index (χ1) is 13.1. The topological polar surface area (TPSA) is 56.0 Å². The van der Waals surface area contributed by atoms with Gasteiger partial charge in [-0.2, -0.15) is 9.61 Å². The number of benzene rings is 1. The minimum Gasteiger partial charge on any atom is -0.245 e. The second-order valence-corrected chi connectivity index (χ2v) is 8.63. The van der Waals surface area contributed by atoms with Crippen molar-refractivity contribution in [1.82, 2.24) is 24.8 Å². The fraction of sp³-hybridized carbons (Fsp3) is 0.111. The van der Waals surface area contributed by atoms with Crippen LogP contribution in [0, 0.1) is 0 Å². The summed E-state index contributed by atoms with van der Waals surface area (Å²) in [6, 6.07) is 9.69. The number of fused-ring (bicyclic) bond motifs is 2. The second kappa shape index (κ2) is 6.53. The van der Waals surface area contributed by atoms with E-state index in [4.69, 9.17) is 33.3 Å². The van der Waals surface area contributed by atoms with Crippen molar-refractivity contribution < 1.29 is 0 Å². The molecule has 0 aliphatic heterocycles. The van der Waals surface area contributed by atoms with E-state index in [-0.39, 0.29) is 0 Å². The Morgan fingerprint density at radius 3 is 2.81 bits per heavy atom. The summed E-state index contributed by atoms with van der Waals surface area (Å²) < 4.78 is 1.79. The van der Waals surface area contributed by atoms with E-state index in [1.165, 1.54) is 11.3 Å². The summed E-state index contributed by atoms with van der Waals surface area (Å²) in [5, 5.41) is 18.0. The van der Waals surface area contributed by atoms with Crippen LogP contribution in [-0.4, -0.2) is 24.8 Å². The summed E-state index contributed by atoms with van der Waals surface area (Å²) in [4.78, 5) is 6.61. The van der Waals surface area contributed by atoms with Crippen molar-refractivity contribution in [2.24, 2.45) is 0 Å². The molecule has 0 radical (unpaired) electrons. The van der Waals surface area contributed by atoms with Crippen LogP contribution >= 0.6 is 45.9 Å². The maximum absolute atomic E-state index is 6.47. The molecule has 4 heterocycles. The van der Waals surface area contributed by atoms with Crippen molar-refractivity contribution in [1.29, 1.82) is 0 Å². The smallest absolute Gasteiger partial charge is 0.234 e. The largest absolute Gasteiger partial charge is 0.245 e. The van der Waals surface area contributed by atoms with E-state index in [1.807, 2.05) is 36.6 Å². The molecule has 0 aliphatic rings. The fourth-order valence-corrected chi connectivity index (χ4v) is 5.08. The van der Waals surface area contributed by atoms with E-state index in [0.29, 0.717) is 15.6 Å². The zero-order chi connectivity index (χ0) is 18.5. The highest BCUT2D eigenvalue weighted by atomic mass is 35.5. The SMILES string of the molecule is CCc1nnc2sc(-c3cc(-c4cccs4)nc4c(Cl)cc(Cl)cc34)nn12. The molecule has 0 bridgehead atoms. The minimum absolute atomic E-state index is 0.523. The monoisotopic (exact) mass is 431 g/mol. The van der Waals surface area contributed by atoms with Gasteiger partial charge < -0.3 is 0 Å². The van der Waals surface area contributed by atoms with Crippen molar-refractivity contribution in [2.45, 2.75) is 13.3 Å². The Hall–Kier alpha value is -2.06. The molecular formula is C18H11Cl2N5S2. The predicted molar refractivity (Wildman–Crippen MR) is 112 cm³/mol. The van der Waals surface area contributed by atoms with E-state index in [9.17, 15) is 0 Å². The van der Waals surface area contributed by atoms with Gasteiger partial charge in [-0.3, -0.25) is 0 Å². The predicted octanol–water partition coefficient (Wildman–Crippen LogP) is 6.00. The second-order valence-electron chi connectivity index (χ2n) is 5.89. The van der Waals surface area contributed by atoms with E-state index in [1.54, 1.807) is 21.9 Å². The van der Waals surface area contributed by atoms with Gasteiger partial charge in [0, 0.05) is 22.4 Å². The molecule has 9 heteroatoms. The standard InChI is InChI=1S/C18H11Cl2N5S2/c1-2-15-22-23-18-25(15)24-17(27-18)11-8-13(14-4-3-5-26-14)21-16-10(11)6-9(19)7-12(16)20/h3-8H,2H2,1H3. The molecule has 0 aliphatic carbocycles. The zero-order valence-electron chi connectivity index (χ0n) is 14.0. The van der Waals surface area contributed by atoms with Gasteiger partial charge in [0.05, 0.1) is 21.1 Å². The highest BCUT2D eigenvalue weighted by molar-refractivity contribution is 7.20.